The summed E-state index contributed by atoms with van der Waals surface area (Å²) in [6, 6.07) is 11.6. The molecule has 0 amide bonds. The summed E-state index contributed by atoms with van der Waals surface area (Å²) < 4.78 is 32.7. The van der Waals surface area contributed by atoms with Gasteiger partial charge in [-0.3, -0.25) is 4.55 Å². The molecule has 7 N–H and O–H groups in total. The van der Waals surface area contributed by atoms with Crippen molar-refractivity contribution in [1.29, 1.82) is 0 Å². The Bertz CT molecular complexity index is 1120. The maximum atomic E-state index is 11.6. The van der Waals surface area contributed by atoms with Gasteiger partial charge in [0.1, 0.15) is 0 Å². The molecule has 0 saturated heterocycles. The molecule has 0 radical (unpaired) electrons. The topological polar surface area (TPSA) is 132 Å². The second-order valence-electron chi connectivity index (χ2n) is 5.75. The molecule has 3 aromatic rings. The smallest absolute Gasteiger partial charge is 0.294 e. The Labute approximate surface area is 159 Å². The van der Waals surface area contributed by atoms with Crippen molar-refractivity contribution in [2.45, 2.75) is 21.6 Å². The normalized spacial score (nSPS) is 11.8. The molecular formula is C17H17N3O3S3. The van der Waals surface area contributed by atoms with Gasteiger partial charge in [-0.05, 0) is 48.2 Å². The van der Waals surface area contributed by atoms with E-state index in [9.17, 15) is 13.0 Å². The summed E-state index contributed by atoms with van der Waals surface area (Å²) in [7, 11) is -1.70. The minimum absolute atomic E-state index is 0.183. The summed E-state index contributed by atoms with van der Waals surface area (Å²) >= 11 is 0. The number of nitrogens with two attached hydrogens (primary N) is 3. The molecule has 0 spiro atoms. The molecule has 6 nitrogen and oxygen atoms in total. The first-order valence-electron chi connectivity index (χ1n) is 7.46. The monoisotopic (exact) mass is 407 g/mol. The molecule has 0 unspecified atom stereocenters. The summed E-state index contributed by atoms with van der Waals surface area (Å²) in [6.07, 6.45) is 0. The average Bonchev–Trinajstić information content (AvgIpc) is 2.57. The standard InChI is InChI=1S/C17H17N3O3S3/c1-9-2-3-10-6-12(26(21,22)23)8-15(16(10)17(9)20)25-24-14-7-11(18)4-5-13(14)19/h2-8H,18-20H2,1H3,(H,21,22,23). The van der Waals surface area contributed by atoms with E-state index in [1.807, 2.05) is 13.0 Å². The quantitative estimate of drug-likeness (QED) is 0.290. The van der Waals surface area contributed by atoms with Crippen molar-refractivity contribution < 1.29 is 13.0 Å². The molecule has 0 atom stereocenters. The fourth-order valence-electron chi connectivity index (χ4n) is 2.46. The summed E-state index contributed by atoms with van der Waals surface area (Å²) in [5, 5.41) is 1.37. The lowest BCUT2D eigenvalue weighted by Gasteiger charge is -2.13. The third-order valence-electron chi connectivity index (χ3n) is 3.87. The Morgan fingerprint density at radius 3 is 2.31 bits per heavy atom. The molecule has 0 bridgehead atoms. The highest BCUT2D eigenvalue weighted by Crippen LogP contribution is 2.45. The molecule has 9 heteroatoms. The van der Waals surface area contributed by atoms with Gasteiger partial charge >= 0.3 is 0 Å². The van der Waals surface area contributed by atoms with E-state index in [0.29, 0.717) is 27.3 Å². The van der Waals surface area contributed by atoms with Crippen LogP contribution in [0.25, 0.3) is 10.8 Å². The number of hydrogen-bond acceptors (Lipinski definition) is 7. The van der Waals surface area contributed by atoms with Crippen LogP contribution >= 0.6 is 21.6 Å². The van der Waals surface area contributed by atoms with Gasteiger partial charge in [-0.15, -0.1) is 0 Å². The van der Waals surface area contributed by atoms with Crippen LogP contribution in [0.2, 0.25) is 0 Å². The third kappa shape index (κ3) is 3.70. The van der Waals surface area contributed by atoms with Crippen molar-refractivity contribution in [3.8, 4) is 0 Å². The lowest BCUT2D eigenvalue weighted by atomic mass is 10.1. The average molecular weight is 408 g/mol. The van der Waals surface area contributed by atoms with Crippen molar-refractivity contribution in [1.82, 2.24) is 0 Å². The van der Waals surface area contributed by atoms with Crippen LogP contribution in [0.5, 0.6) is 0 Å². The van der Waals surface area contributed by atoms with Gasteiger partial charge in [0.15, 0.2) is 0 Å². The molecule has 0 heterocycles. The zero-order valence-corrected chi connectivity index (χ0v) is 16.2. The lowest BCUT2D eigenvalue weighted by molar-refractivity contribution is 0.483. The third-order valence-corrected chi connectivity index (χ3v) is 7.15. The molecule has 26 heavy (non-hydrogen) atoms. The number of benzene rings is 3. The van der Waals surface area contributed by atoms with Gasteiger partial charge < -0.3 is 17.2 Å². The minimum atomic E-state index is -4.35. The maximum Gasteiger partial charge on any atom is 0.294 e. The maximum absolute atomic E-state index is 11.6. The molecule has 136 valence electrons. The first kappa shape index (κ1) is 18.7. The van der Waals surface area contributed by atoms with E-state index < -0.39 is 10.1 Å². The van der Waals surface area contributed by atoms with E-state index in [4.69, 9.17) is 17.2 Å². The highest BCUT2D eigenvalue weighted by Gasteiger charge is 2.17. The second-order valence-corrected chi connectivity index (χ2v) is 9.39. The fourth-order valence-corrected chi connectivity index (χ4v) is 5.46. The zero-order valence-electron chi connectivity index (χ0n) is 13.8. The number of anilines is 3. The fraction of sp³-hybridized carbons (Fsp3) is 0.0588. The molecule has 3 rings (SSSR count). The van der Waals surface area contributed by atoms with E-state index in [1.165, 1.54) is 33.7 Å². The minimum Gasteiger partial charge on any atom is -0.399 e. The number of rotatable bonds is 4. The second kappa shape index (κ2) is 6.92. The Morgan fingerprint density at radius 2 is 1.62 bits per heavy atom. The van der Waals surface area contributed by atoms with Crippen molar-refractivity contribution in [3.05, 3.63) is 48.0 Å². The predicted molar refractivity (Wildman–Crippen MR) is 110 cm³/mol. The number of aryl methyl sites for hydroxylation is 1. The molecule has 0 aliphatic carbocycles. The highest BCUT2D eigenvalue weighted by atomic mass is 33.1. The van der Waals surface area contributed by atoms with Crippen LogP contribution in [0.3, 0.4) is 0 Å². The van der Waals surface area contributed by atoms with E-state index in [1.54, 1.807) is 24.3 Å². The van der Waals surface area contributed by atoms with Crippen molar-refractivity contribution in [3.63, 3.8) is 0 Å². The van der Waals surface area contributed by atoms with Gasteiger partial charge in [0.05, 0.1) is 4.90 Å². The van der Waals surface area contributed by atoms with E-state index in [0.717, 1.165) is 15.8 Å². The first-order chi connectivity index (χ1) is 12.2. The molecular weight excluding hydrogens is 390 g/mol. The molecule has 3 aromatic carbocycles. The van der Waals surface area contributed by atoms with Gasteiger partial charge in [-0.2, -0.15) is 8.42 Å². The molecule has 0 aliphatic rings. The number of fused-ring (bicyclic) bond motifs is 1. The zero-order chi connectivity index (χ0) is 19.1. The molecule has 0 fully saturated rings. The Hall–Kier alpha value is -2.07. The molecule has 0 aromatic heterocycles. The van der Waals surface area contributed by atoms with Crippen LogP contribution in [0.4, 0.5) is 17.1 Å². The van der Waals surface area contributed by atoms with Crippen molar-refractivity contribution >= 4 is 59.5 Å². The van der Waals surface area contributed by atoms with Gasteiger partial charge in [-0.1, -0.05) is 33.7 Å². The SMILES string of the molecule is Cc1ccc2cc(S(=O)(=O)O)cc(SSc3cc(N)ccc3N)c2c1N. The van der Waals surface area contributed by atoms with Crippen molar-refractivity contribution in [2.24, 2.45) is 0 Å². The summed E-state index contributed by atoms with van der Waals surface area (Å²) in [4.78, 5) is 1.19. The predicted octanol–water partition coefficient (Wildman–Crippen LogP) is 3.94. The van der Waals surface area contributed by atoms with Crippen LogP contribution in [-0.4, -0.2) is 13.0 Å². The lowest BCUT2D eigenvalue weighted by Crippen LogP contribution is -2.00. The summed E-state index contributed by atoms with van der Waals surface area (Å²) in [5.41, 5.74) is 20.6. The van der Waals surface area contributed by atoms with Crippen LogP contribution < -0.4 is 17.2 Å². The van der Waals surface area contributed by atoms with Gasteiger partial charge in [0, 0.05) is 32.2 Å². The van der Waals surface area contributed by atoms with Crippen LogP contribution in [-0.2, 0) is 10.1 Å². The van der Waals surface area contributed by atoms with E-state index in [2.05, 4.69) is 0 Å². The van der Waals surface area contributed by atoms with E-state index >= 15 is 0 Å². The summed E-state index contributed by atoms with van der Waals surface area (Å²) in [6.45, 7) is 1.88. The van der Waals surface area contributed by atoms with Gasteiger partial charge in [-0.25, -0.2) is 0 Å². The Kier molecular flexibility index (Phi) is 4.98. The highest BCUT2D eigenvalue weighted by molar-refractivity contribution is 8.76. The Morgan fingerprint density at radius 1 is 0.923 bits per heavy atom. The van der Waals surface area contributed by atoms with Gasteiger partial charge in [0.2, 0.25) is 0 Å². The molecule has 0 saturated carbocycles. The van der Waals surface area contributed by atoms with E-state index in [-0.39, 0.29) is 4.90 Å². The summed E-state index contributed by atoms with van der Waals surface area (Å²) in [5.74, 6) is 0. The van der Waals surface area contributed by atoms with Crippen LogP contribution in [0.15, 0.2) is 57.2 Å². The van der Waals surface area contributed by atoms with Gasteiger partial charge in [0.25, 0.3) is 10.1 Å². The van der Waals surface area contributed by atoms with Crippen LogP contribution in [0.1, 0.15) is 5.56 Å². The number of nitrogen functional groups attached to an aromatic ring is 3. The first-order valence-corrected chi connectivity index (χ1v) is 11.1. The number of hydrogen-bond donors (Lipinski definition) is 4. The Balaban J connectivity index is 2.13. The van der Waals surface area contributed by atoms with Crippen molar-refractivity contribution in [2.75, 3.05) is 17.2 Å². The largest absolute Gasteiger partial charge is 0.399 e. The molecule has 0 aliphatic heterocycles. The van der Waals surface area contributed by atoms with Crippen LogP contribution in [0, 0.1) is 6.92 Å².